The van der Waals surface area contributed by atoms with Gasteiger partial charge in [0.25, 0.3) is 0 Å². The number of nitrogens with zero attached hydrogens (tertiary/aromatic N) is 1. The van der Waals surface area contributed by atoms with E-state index in [9.17, 15) is 5.11 Å². The highest BCUT2D eigenvalue weighted by molar-refractivity contribution is 4.89. The van der Waals surface area contributed by atoms with Crippen LogP contribution in [0.4, 0.5) is 0 Å². The van der Waals surface area contributed by atoms with Gasteiger partial charge in [-0.1, -0.05) is 0 Å². The van der Waals surface area contributed by atoms with Crippen molar-refractivity contribution in [2.24, 2.45) is 5.73 Å². The summed E-state index contributed by atoms with van der Waals surface area (Å²) in [6.45, 7) is 4.54. The van der Waals surface area contributed by atoms with Crippen LogP contribution >= 0.6 is 0 Å². The summed E-state index contributed by atoms with van der Waals surface area (Å²) in [5, 5.41) is 9.85. The Morgan fingerprint density at radius 2 is 2.27 bits per heavy atom. The Balaban J connectivity index is 1.92. The summed E-state index contributed by atoms with van der Waals surface area (Å²) < 4.78 is 5.62. The molecule has 0 spiro atoms. The van der Waals surface area contributed by atoms with Crippen molar-refractivity contribution in [2.75, 3.05) is 19.7 Å². The molecular formula is C11H22N2O2. The monoisotopic (exact) mass is 214 g/mol. The summed E-state index contributed by atoms with van der Waals surface area (Å²) in [7, 11) is 0. The van der Waals surface area contributed by atoms with Crippen molar-refractivity contribution in [1.82, 2.24) is 4.90 Å². The molecule has 1 heterocycles. The molecule has 2 rings (SSSR count). The summed E-state index contributed by atoms with van der Waals surface area (Å²) in [6, 6.07) is 0.418. The van der Waals surface area contributed by atoms with Crippen LogP contribution < -0.4 is 5.73 Å². The van der Waals surface area contributed by atoms with E-state index in [0.717, 1.165) is 39.0 Å². The highest BCUT2D eigenvalue weighted by Crippen LogP contribution is 2.25. The van der Waals surface area contributed by atoms with Crippen molar-refractivity contribution in [3.63, 3.8) is 0 Å². The van der Waals surface area contributed by atoms with Gasteiger partial charge in [-0.3, -0.25) is 4.90 Å². The molecule has 0 aromatic carbocycles. The average Bonchev–Trinajstić information content (AvgIpc) is 2.64. The van der Waals surface area contributed by atoms with Crippen LogP contribution in [0, 0.1) is 0 Å². The van der Waals surface area contributed by atoms with Gasteiger partial charge in [0, 0.05) is 25.2 Å². The standard InChI is InChI=1S/C11H22N2O2/c1-8(12)11-7-13(5-6-15-11)9-3-2-4-10(9)14/h8-11,14H,2-7,12H2,1H3. The van der Waals surface area contributed by atoms with Crippen molar-refractivity contribution in [1.29, 1.82) is 0 Å². The summed E-state index contributed by atoms with van der Waals surface area (Å²) in [5.41, 5.74) is 5.85. The largest absolute Gasteiger partial charge is 0.391 e. The molecule has 2 aliphatic rings. The summed E-state index contributed by atoms with van der Waals surface area (Å²) >= 11 is 0. The zero-order valence-electron chi connectivity index (χ0n) is 9.43. The molecule has 1 saturated carbocycles. The Bertz CT molecular complexity index is 211. The number of aliphatic hydroxyl groups excluding tert-OH is 1. The number of morpholine rings is 1. The molecule has 4 unspecified atom stereocenters. The van der Waals surface area contributed by atoms with E-state index in [1.165, 1.54) is 0 Å². The molecule has 15 heavy (non-hydrogen) atoms. The van der Waals surface area contributed by atoms with Gasteiger partial charge >= 0.3 is 0 Å². The lowest BCUT2D eigenvalue weighted by Crippen LogP contribution is -2.54. The van der Waals surface area contributed by atoms with Crippen molar-refractivity contribution in [3.05, 3.63) is 0 Å². The number of aliphatic hydroxyl groups is 1. The summed E-state index contributed by atoms with van der Waals surface area (Å²) in [4.78, 5) is 2.36. The van der Waals surface area contributed by atoms with E-state index in [2.05, 4.69) is 4.90 Å². The maximum absolute atomic E-state index is 9.85. The third-order valence-corrected chi connectivity index (χ3v) is 3.62. The lowest BCUT2D eigenvalue weighted by molar-refractivity contribution is -0.0654. The van der Waals surface area contributed by atoms with Crippen molar-refractivity contribution in [3.8, 4) is 0 Å². The van der Waals surface area contributed by atoms with Crippen LogP contribution in [0.15, 0.2) is 0 Å². The fourth-order valence-corrected chi connectivity index (χ4v) is 2.66. The van der Waals surface area contributed by atoms with Gasteiger partial charge in [-0.05, 0) is 26.2 Å². The fraction of sp³-hybridized carbons (Fsp3) is 1.00. The van der Waals surface area contributed by atoms with Crippen molar-refractivity contribution in [2.45, 2.75) is 50.5 Å². The first kappa shape index (κ1) is 11.3. The minimum Gasteiger partial charge on any atom is -0.391 e. The van der Waals surface area contributed by atoms with E-state index in [-0.39, 0.29) is 18.2 Å². The van der Waals surface area contributed by atoms with Crippen LogP contribution in [0.1, 0.15) is 26.2 Å². The van der Waals surface area contributed by atoms with Gasteiger partial charge in [-0.15, -0.1) is 0 Å². The highest BCUT2D eigenvalue weighted by atomic mass is 16.5. The Labute approximate surface area is 91.4 Å². The molecule has 1 saturated heterocycles. The zero-order valence-corrected chi connectivity index (χ0v) is 9.43. The molecule has 2 fully saturated rings. The topological polar surface area (TPSA) is 58.7 Å². The minimum atomic E-state index is -0.142. The molecule has 88 valence electrons. The number of hydrogen-bond donors (Lipinski definition) is 2. The van der Waals surface area contributed by atoms with E-state index < -0.39 is 0 Å². The number of nitrogens with two attached hydrogens (primary N) is 1. The Kier molecular flexibility index (Phi) is 3.61. The van der Waals surface area contributed by atoms with Gasteiger partial charge < -0.3 is 15.6 Å². The fourth-order valence-electron chi connectivity index (χ4n) is 2.66. The maximum Gasteiger partial charge on any atom is 0.0850 e. The molecule has 4 nitrogen and oxygen atoms in total. The van der Waals surface area contributed by atoms with Crippen LogP contribution in [0.25, 0.3) is 0 Å². The van der Waals surface area contributed by atoms with E-state index in [4.69, 9.17) is 10.5 Å². The molecule has 0 aromatic rings. The van der Waals surface area contributed by atoms with E-state index in [0.29, 0.717) is 6.04 Å². The van der Waals surface area contributed by atoms with Gasteiger partial charge in [-0.2, -0.15) is 0 Å². The van der Waals surface area contributed by atoms with Gasteiger partial charge in [0.2, 0.25) is 0 Å². The van der Waals surface area contributed by atoms with Crippen LogP contribution in [0.3, 0.4) is 0 Å². The van der Waals surface area contributed by atoms with Gasteiger partial charge in [0.15, 0.2) is 0 Å². The van der Waals surface area contributed by atoms with Crippen LogP contribution in [-0.2, 0) is 4.74 Å². The van der Waals surface area contributed by atoms with Crippen LogP contribution in [0.5, 0.6) is 0 Å². The Morgan fingerprint density at radius 3 is 2.87 bits per heavy atom. The zero-order chi connectivity index (χ0) is 10.8. The predicted molar refractivity (Wildman–Crippen MR) is 58.6 cm³/mol. The van der Waals surface area contributed by atoms with E-state index in [1.807, 2.05) is 6.92 Å². The Hall–Kier alpha value is -0.160. The summed E-state index contributed by atoms with van der Waals surface area (Å²) in [5.74, 6) is 0. The molecule has 0 bridgehead atoms. The summed E-state index contributed by atoms with van der Waals surface area (Å²) in [6.07, 6.45) is 3.20. The predicted octanol–water partition coefficient (Wildman–Crippen LogP) is -0.0522. The lowest BCUT2D eigenvalue weighted by Gasteiger charge is -2.39. The second kappa shape index (κ2) is 4.78. The molecule has 0 amide bonds. The van der Waals surface area contributed by atoms with Crippen LogP contribution in [-0.4, -0.2) is 54.0 Å². The molecule has 4 heteroatoms. The van der Waals surface area contributed by atoms with Gasteiger partial charge in [0.05, 0.1) is 18.8 Å². The third kappa shape index (κ3) is 2.50. The molecule has 1 aliphatic heterocycles. The quantitative estimate of drug-likeness (QED) is 0.676. The molecule has 3 N–H and O–H groups in total. The Morgan fingerprint density at radius 1 is 1.47 bits per heavy atom. The van der Waals surface area contributed by atoms with E-state index in [1.54, 1.807) is 0 Å². The second-order valence-electron chi connectivity index (χ2n) is 4.83. The first-order chi connectivity index (χ1) is 7.18. The van der Waals surface area contributed by atoms with E-state index >= 15 is 0 Å². The highest BCUT2D eigenvalue weighted by Gasteiger charge is 2.34. The van der Waals surface area contributed by atoms with Crippen LogP contribution in [0.2, 0.25) is 0 Å². The molecule has 1 aliphatic carbocycles. The number of ether oxygens (including phenoxy) is 1. The number of rotatable bonds is 2. The first-order valence-corrected chi connectivity index (χ1v) is 5.98. The second-order valence-corrected chi connectivity index (χ2v) is 4.83. The molecule has 4 atom stereocenters. The molecule has 0 aromatic heterocycles. The third-order valence-electron chi connectivity index (χ3n) is 3.62. The SMILES string of the molecule is CC(N)C1CN(C2CCCC2O)CCO1. The molecule has 0 radical (unpaired) electrons. The van der Waals surface area contributed by atoms with Gasteiger partial charge in [-0.25, -0.2) is 0 Å². The smallest absolute Gasteiger partial charge is 0.0850 e. The lowest BCUT2D eigenvalue weighted by atomic mass is 10.1. The minimum absolute atomic E-state index is 0.0753. The maximum atomic E-state index is 9.85. The first-order valence-electron chi connectivity index (χ1n) is 5.98. The number of hydrogen-bond acceptors (Lipinski definition) is 4. The normalized spacial score (nSPS) is 40.6. The molecular weight excluding hydrogens is 192 g/mol. The van der Waals surface area contributed by atoms with Gasteiger partial charge in [0.1, 0.15) is 0 Å². The van der Waals surface area contributed by atoms with Crippen molar-refractivity contribution < 1.29 is 9.84 Å². The average molecular weight is 214 g/mol. The van der Waals surface area contributed by atoms with Crippen molar-refractivity contribution >= 4 is 0 Å².